The van der Waals surface area contributed by atoms with Gasteiger partial charge in [0, 0.05) is 12.4 Å². The van der Waals surface area contributed by atoms with Crippen LogP contribution in [0, 0.1) is 0 Å². The predicted octanol–water partition coefficient (Wildman–Crippen LogP) is 1.44. The van der Waals surface area contributed by atoms with E-state index in [1.165, 1.54) is 0 Å². The first-order valence-electron chi connectivity index (χ1n) is 6.27. The fourth-order valence-corrected chi connectivity index (χ4v) is 2.21. The third kappa shape index (κ3) is 1.81. The molecule has 2 aromatic heterocycles. The van der Waals surface area contributed by atoms with E-state index >= 15 is 0 Å². The van der Waals surface area contributed by atoms with Gasteiger partial charge < -0.3 is 14.2 Å². The quantitative estimate of drug-likeness (QED) is 0.838. The zero-order valence-corrected chi connectivity index (χ0v) is 10.5. The van der Waals surface area contributed by atoms with Gasteiger partial charge in [-0.3, -0.25) is 4.79 Å². The van der Waals surface area contributed by atoms with Gasteiger partial charge in [-0.15, -0.1) is 0 Å². The third-order valence-corrected chi connectivity index (χ3v) is 3.42. The van der Waals surface area contributed by atoms with Crippen molar-refractivity contribution in [3.8, 4) is 11.6 Å². The number of H-pyrrole nitrogens is 1. The van der Waals surface area contributed by atoms with Crippen molar-refractivity contribution in [3.05, 3.63) is 18.3 Å². The van der Waals surface area contributed by atoms with Crippen molar-refractivity contribution >= 4 is 5.97 Å². The monoisotopic (exact) mass is 262 g/mol. The number of nitrogens with zero attached hydrogens (tertiary/aromatic N) is 3. The minimum absolute atomic E-state index is 0.282. The molecule has 1 N–H and O–H groups in total. The van der Waals surface area contributed by atoms with Crippen LogP contribution in [0.15, 0.2) is 16.9 Å². The highest BCUT2D eigenvalue weighted by Gasteiger charge is 2.52. The average Bonchev–Trinajstić information content (AvgIpc) is 2.97. The second-order valence-corrected chi connectivity index (χ2v) is 4.52. The van der Waals surface area contributed by atoms with Crippen molar-refractivity contribution in [2.75, 3.05) is 6.61 Å². The van der Waals surface area contributed by atoms with E-state index in [9.17, 15) is 4.79 Å². The summed E-state index contributed by atoms with van der Waals surface area (Å²) in [6, 6.07) is 0. The van der Waals surface area contributed by atoms with Crippen molar-refractivity contribution in [2.24, 2.45) is 0 Å². The molecule has 0 bridgehead atoms. The molecule has 0 atom stereocenters. The van der Waals surface area contributed by atoms with E-state index in [-0.39, 0.29) is 5.97 Å². The Labute approximate surface area is 109 Å². The number of carbonyl (C=O) groups is 1. The topological polar surface area (TPSA) is 93.9 Å². The number of aromatic nitrogens is 4. The van der Waals surface area contributed by atoms with Gasteiger partial charge in [-0.05, 0) is 19.8 Å². The van der Waals surface area contributed by atoms with E-state index in [1.54, 1.807) is 19.3 Å². The number of esters is 1. The molecule has 0 spiro atoms. The van der Waals surface area contributed by atoms with Crippen LogP contribution in [0.4, 0.5) is 0 Å². The van der Waals surface area contributed by atoms with Gasteiger partial charge in [-0.2, -0.15) is 4.98 Å². The molecule has 19 heavy (non-hydrogen) atoms. The van der Waals surface area contributed by atoms with E-state index in [2.05, 4.69) is 20.1 Å². The van der Waals surface area contributed by atoms with Crippen LogP contribution in [0.3, 0.4) is 0 Å². The molecule has 0 aliphatic heterocycles. The minimum Gasteiger partial charge on any atom is -0.465 e. The third-order valence-electron chi connectivity index (χ3n) is 3.42. The molecule has 0 saturated heterocycles. The van der Waals surface area contributed by atoms with Crippen LogP contribution < -0.4 is 0 Å². The van der Waals surface area contributed by atoms with Crippen LogP contribution in [0.5, 0.6) is 0 Å². The number of nitrogens with one attached hydrogen (secondary N) is 1. The molecule has 1 aliphatic rings. The first-order valence-corrected chi connectivity index (χ1v) is 6.27. The summed E-state index contributed by atoms with van der Waals surface area (Å²) in [4.78, 5) is 23.3. The Morgan fingerprint density at radius 1 is 1.58 bits per heavy atom. The Morgan fingerprint density at radius 3 is 3.00 bits per heavy atom. The highest BCUT2D eigenvalue weighted by molar-refractivity contribution is 5.83. The molecule has 3 rings (SSSR count). The highest BCUT2D eigenvalue weighted by Crippen LogP contribution is 2.44. The van der Waals surface area contributed by atoms with Crippen LogP contribution in [-0.4, -0.2) is 32.7 Å². The molecule has 0 unspecified atom stereocenters. The fraction of sp³-hybridized carbons (Fsp3) is 0.500. The van der Waals surface area contributed by atoms with Gasteiger partial charge in [-0.25, -0.2) is 4.98 Å². The standard InChI is InChI=1S/C12H14N4O3/c1-2-18-11(17)12(4-3-5-12)10-15-9(16-19-10)8-13-6-7-14-8/h6-7H,2-5H2,1H3,(H,13,14). The lowest BCUT2D eigenvalue weighted by Crippen LogP contribution is -2.44. The van der Waals surface area contributed by atoms with Gasteiger partial charge in [0.2, 0.25) is 11.7 Å². The van der Waals surface area contributed by atoms with Gasteiger partial charge in [0.15, 0.2) is 5.82 Å². The average molecular weight is 262 g/mol. The number of carbonyl (C=O) groups excluding carboxylic acids is 1. The Balaban J connectivity index is 1.91. The maximum absolute atomic E-state index is 12.1. The number of ether oxygens (including phenoxy) is 1. The Hall–Kier alpha value is -2.18. The fourth-order valence-electron chi connectivity index (χ4n) is 2.21. The molecule has 1 aliphatic carbocycles. The molecule has 2 aromatic rings. The lowest BCUT2D eigenvalue weighted by Gasteiger charge is -2.35. The zero-order valence-electron chi connectivity index (χ0n) is 10.5. The summed E-state index contributed by atoms with van der Waals surface area (Å²) >= 11 is 0. The minimum atomic E-state index is -0.756. The second-order valence-electron chi connectivity index (χ2n) is 4.52. The Kier molecular flexibility index (Phi) is 2.81. The van der Waals surface area contributed by atoms with Crippen LogP contribution in [0.2, 0.25) is 0 Å². The number of imidazole rings is 1. The number of aromatic amines is 1. The summed E-state index contributed by atoms with van der Waals surface area (Å²) in [5, 5.41) is 3.86. The maximum atomic E-state index is 12.1. The summed E-state index contributed by atoms with van der Waals surface area (Å²) in [5.74, 6) is 0.920. The van der Waals surface area contributed by atoms with Gasteiger partial charge >= 0.3 is 5.97 Å². The smallest absolute Gasteiger partial charge is 0.321 e. The summed E-state index contributed by atoms with van der Waals surface area (Å²) in [6.45, 7) is 2.13. The molecule has 0 amide bonds. The van der Waals surface area contributed by atoms with Gasteiger partial charge in [0.25, 0.3) is 0 Å². The van der Waals surface area contributed by atoms with Crippen LogP contribution in [-0.2, 0) is 14.9 Å². The lowest BCUT2D eigenvalue weighted by atomic mass is 9.68. The molecule has 7 heteroatoms. The molecule has 0 radical (unpaired) electrons. The molecule has 100 valence electrons. The molecular weight excluding hydrogens is 248 g/mol. The first kappa shape index (κ1) is 11.9. The molecule has 0 aromatic carbocycles. The predicted molar refractivity (Wildman–Crippen MR) is 64.0 cm³/mol. The maximum Gasteiger partial charge on any atom is 0.321 e. The number of rotatable bonds is 4. The van der Waals surface area contributed by atoms with Crippen molar-refractivity contribution in [3.63, 3.8) is 0 Å². The molecule has 1 saturated carbocycles. The lowest BCUT2D eigenvalue weighted by molar-refractivity contribution is -0.155. The number of hydrogen-bond donors (Lipinski definition) is 1. The summed E-state index contributed by atoms with van der Waals surface area (Å²) < 4.78 is 10.4. The van der Waals surface area contributed by atoms with E-state index in [4.69, 9.17) is 9.26 Å². The summed E-state index contributed by atoms with van der Waals surface area (Å²) in [7, 11) is 0. The van der Waals surface area contributed by atoms with Crippen LogP contribution >= 0.6 is 0 Å². The largest absolute Gasteiger partial charge is 0.465 e. The molecule has 7 nitrogen and oxygen atoms in total. The SMILES string of the molecule is CCOC(=O)C1(c2nc(-c3ncc[nH]3)no2)CCC1. The molecule has 2 heterocycles. The van der Waals surface area contributed by atoms with Gasteiger partial charge in [0.05, 0.1) is 6.61 Å². The Bertz CT molecular complexity index is 572. The van der Waals surface area contributed by atoms with E-state index in [1.807, 2.05) is 0 Å². The second kappa shape index (κ2) is 4.49. The number of hydrogen-bond acceptors (Lipinski definition) is 6. The zero-order chi connectivity index (χ0) is 13.3. The van der Waals surface area contributed by atoms with Gasteiger partial charge in [-0.1, -0.05) is 11.6 Å². The van der Waals surface area contributed by atoms with E-state index in [0.29, 0.717) is 37.0 Å². The first-order chi connectivity index (χ1) is 9.26. The van der Waals surface area contributed by atoms with Crippen molar-refractivity contribution < 1.29 is 14.1 Å². The normalized spacial score (nSPS) is 16.9. The van der Waals surface area contributed by atoms with E-state index in [0.717, 1.165) is 6.42 Å². The van der Waals surface area contributed by atoms with Crippen molar-refractivity contribution in [1.29, 1.82) is 0 Å². The van der Waals surface area contributed by atoms with E-state index < -0.39 is 5.41 Å². The van der Waals surface area contributed by atoms with Crippen LogP contribution in [0.1, 0.15) is 32.1 Å². The van der Waals surface area contributed by atoms with Crippen molar-refractivity contribution in [2.45, 2.75) is 31.6 Å². The summed E-state index contributed by atoms with van der Waals surface area (Å²) in [5.41, 5.74) is -0.756. The molecule has 1 fully saturated rings. The van der Waals surface area contributed by atoms with Crippen LogP contribution in [0.25, 0.3) is 11.6 Å². The molecular formula is C12H14N4O3. The summed E-state index contributed by atoms with van der Waals surface area (Å²) in [6.07, 6.45) is 5.61. The Morgan fingerprint density at radius 2 is 2.42 bits per heavy atom. The van der Waals surface area contributed by atoms with Gasteiger partial charge in [0.1, 0.15) is 5.41 Å². The van der Waals surface area contributed by atoms with Crippen molar-refractivity contribution in [1.82, 2.24) is 20.1 Å². The highest BCUT2D eigenvalue weighted by atomic mass is 16.5.